The quantitative estimate of drug-likeness (QED) is 0.603. The van der Waals surface area contributed by atoms with Gasteiger partial charge in [0.2, 0.25) is 11.9 Å². The number of amides is 1. The number of halogens is 3. The number of carbonyl (C=O) groups is 1. The van der Waals surface area contributed by atoms with E-state index in [-0.39, 0.29) is 30.0 Å². The van der Waals surface area contributed by atoms with Crippen molar-refractivity contribution in [2.45, 2.75) is 25.1 Å². The SMILES string of the molecule is O=C(CN1CCCC1c1n[nH]c(=O)c2ccccc12)N1CCN(c2ncc(C(F)(F)F)cn2)CC1. The molecular formula is C23H24F3N7O2. The lowest BCUT2D eigenvalue weighted by Crippen LogP contribution is -2.51. The molecule has 0 bridgehead atoms. The second-order valence-corrected chi connectivity index (χ2v) is 8.75. The minimum atomic E-state index is -4.48. The number of H-pyrrole nitrogens is 1. The van der Waals surface area contributed by atoms with Crippen LogP contribution in [0, 0.1) is 0 Å². The van der Waals surface area contributed by atoms with Crippen molar-refractivity contribution < 1.29 is 18.0 Å². The Morgan fingerprint density at radius 3 is 2.40 bits per heavy atom. The minimum Gasteiger partial charge on any atom is -0.338 e. The maximum atomic E-state index is 13.1. The van der Waals surface area contributed by atoms with Crippen LogP contribution in [0.1, 0.15) is 30.1 Å². The summed E-state index contributed by atoms with van der Waals surface area (Å²) in [6.07, 6.45) is -1.15. The highest BCUT2D eigenvalue weighted by molar-refractivity contribution is 5.84. The third kappa shape index (κ3) is 4.70. The van der Waals surface area contributed by atoms with Crippen molar-refractivity contribution in [1.82, 2.24) is 30.0 Å². The predicted octanol–water partition coefficient (Wildman–Crippen LogP) is 2.22. The molecule has 0 aliphatic carbocycles. The number of aromatic amines is 1. The van der Waals surface area contributed by atoms with Gasteiger partial charge in [-0.3, -0.25) is 14.5 Å². The van der Waals surface area contributed by atoms with E-state index in [2.05, 4.69) is 25.1 Å². The zero-order valence-corrected chi connectivity index (χ0v) is 18.8. The molecule has 0 spiro atoms. The lowest BCUT2D eigenvalue weighted by Gasteiger charge is -2.36. The molecule has 0 saturated carbocycles. The first kappa shape index (κ1) is 23.2. The first-order valence-electron chi connectivity index (χ1n) is 11.4. The largest absolute Gasteiger partial charge is 0.419 e. The highest BCUT2D eigenvalue weighted by Crippen LogP contribution is 2.33. The van der Waals surface area contributed by atoms with Gasteiger partial charge in [-0.1, -0.05) is 18.2 Å². The summed E-state index contributed by atoms with van der Waals surface area (Å²) in [7, 11) is 0. The minimum absolute atomic E-state index is 0.0152. The summed E-state index contributed by atoms with van der Waals surface area (Å²) in [6, 6.07) is 7.27. The van der Waals surface area contributed by atoms with Gasteiger partial charge in [-0.25, -0.2) is 15.1 Å². The number of aromatic nitrogens is 4. The molecule has 1 aromatic carbocycles. The number of carbonyl (C=O) groups excluding carboxylic acids is 1. The average Bonchev–Trinajstić information content (AvgIpc) is 3.32. The van der Waals surface area contributed by atoms with Gasteiger partial charge < -0.3 is 9.80 Å². The average molecular weight is 487 g/mol. The number of anilines is 1. The Balaban J connectivity index is 1.22. The number of rotatable bonds is 4. The Morgan fingerprint density at radius 1 is 1.03 bits per heavy atom. The maximum Gasteiger partial charge on any atom is 0.419 e. The summed E-state index contributed by atoms with van der Waals surface area (Å²) >= 11 is 0. The molecule has 35 heavy (non-hydrogen) atoms. The van der Waals surface area contributed by atoms with Crippen molar-refractivity contribution in [1.29, 1.82) is 0 Å². The molecule has 4 heterocycles. The summed E-state index contributed by atoms with van der Waals surface area (Å²) in [5, 5.41) is 8.29. The third-order valence-electron chi connectivity index (χ3n) is 6.62. The van der Waals surface area contributed by atoms with Gasteiger partial charge in [0.25, 0.3) is 5.56 Å². The van der Waals surface area contributed by atoms with Gasteiger partial charge in [-0.15, -0.1) is 0 Å². The molecule has 12 heteroatoms. The van der Waals surface area contributed by atoms with Crippen molar-refractivity contribution in [2.75, 3.05) is 44.2 Å². The van der Waals surface area contributed by atoms with Crippen LogP contribution >= 0.6 is 0 Å². The van der Waals surface area contributed by atoms with E-state index in [4.69, 9.17) is 0 Å². The molecule has 0 radical (unpaired) electrons. The molecule has 5 rings (SSSR count). The molecule has 2 aliphatic heterocycles. The Morgan fingerprint density at radius 2 is 1.71 bits per heavy atom. The van der Waals surface area contributed by atoms with Crippen LogP contribution in [-0.2, 0) is 11.0 Å². The lowest BCUT2D eigenvalue weighted by atomic mass is 10.0. The van der Waals surface area contributed by atoms with E-state index in [0.717, 1.165) is 42.9 Å². The summed E-state index contributed by atoms with van der Waals surface area (Å²) in [5.74, 6) is 0.208. The van der Waals surface area contributed by atoms with Crippen LogP contribution in [-0.4, -0.2) is 75.1 Å². The highest BCUT2D eigenvalue weighted by Gasteiger charge is 2.33. The number of hydrogen-bond donors (Lipinski definition) is 1. The molecule has 2 aliphatic rings. The lowest BCUT2D eigenvalue weighted by molar-refractivity contribution is -0.138. The van der Waals surface area contributed by atoms with Gasteiger partial charge in [0, 0.05) is 44.0 Å². The van der Waals surface area contributed by atoms with Gasteiger partial charge in [-0.2, -0.15) is 18.3 Å². The Bertz CT molecular complexity index is 1270. The highest BCUT2D eigenvalue weighted by atomic mass is 19.4. The third-order valence-corrected chi connectivity index (χ3v) is 6.62. The van der Waals surface area contributed by atoms with E-state index in [1.165, 1.54) is 0 Å². The van der Waals surface area contributed by atoms with Gasteiger partial charge in [0.1, 0.15) is 0 Å². The van der Waals surface area contributed by atoms with Crippen LogP contribution in [0.3, 0.4) is 0 Å². The zero-order chi connectivity index (χ0) is 24.6. The van der Waals surface area contributed by atoms with Gasteiger partial charge in [-0.05, 0) is 25.5 Å². The second kappa shape index (κ2) is 9.25. The molecule has 1 amide bonds. The molecule has 3 aromatic rings. The smallest absolute Gasteiger partial charge is 0.338 e. The molecule has 184 valence electrons. The van der Waals surface area contributed by atoms with Crippen LogP contribution in [0.25, 0.3) is 10.8 Å². The van der Waals surface area contributed by atoms with Gasteiger partial charge >= 0.3 is 6.18 Å². The van der Waals surface area contributed by atoms with Gasteiger partial charge in [0.15, 0.2) is 0 Å². The van der Waals surface area contributed by atoms with Crippen molar-refractivity contribution in [2.24, 2.45) is 0 Å². The number of fused-ring (bicyclic) bond motifs is 1. The number of piperazine rings is 1. The standard InChI is InChI=1S/C23H24F3N7O2/c24-23(25,26)15-12-27-22(28-13-15)32-10-8-31(9-11-32)19(34)14-33-7-3-6-18(33)20-16-4-1-2-5-17(16)21(35)30-29-20/h1-2,4-5,12-13,18H,3,6-11,14H2,(H,30,35). The first-order chi connectivity index (χ1) is 16.8. The van der Waals surface area contributed by atoms with Crippen molar-refractivity contribution in [3.05, 3.63) is 58.3 Å². The van der Waals surface area contributed by atoms with Crippen LogP contribution in [0.15, 0.2) is 41.5 Å². The molecule has 1 unspecified atom stereocenters. The number of hydrogen-bond acceptors (Lipinski definition) is 7. The van der Waals surface area contributed by atoms with Crippen LogP contribution in [0.4, 0.5) is 19.1 Å². The van der Waals surface area contributed by atoms with E-state index in [0.29, 0.717) is 31.6 Å². The summed E-state index contributed by atoms with van der Waals surface area (Å²) in [6.45, 7) is 2.73. The normalized spacial score (nSPS) is 19.5. The first-order valence-corrected chi connectivity index (χ1v) is 11.4. The molecular weight excluding hydrogens is 463 g/mol. The fourth-order valence-corrected chi connectivity index (χ4v) is 4.78. The Kier molecular flexibility index (Phi) is 6.13. The number of nitrogens with zero attached hydrogens (tertiary/aromatic N) is 6. The maximum absolute atomic E-state index is 13.1. The van der Waals surface area contributed by atoms with E-state index in [1.54, 1.807) is 15.9 Å². The fourth-order valence-electron chi connectivity index (χ4n) is 4.78. The molecule has 1 N–H and O–H groups in total. The Hall–Kier alpha value is -3.54. The van der Waals surface area contributed by atoms with Crippen molar-refractivity contribution in [3.63, 3.8) is 0 Å². The monoisotopic (exact) mass is 487 g/mol. The summed E-state index contributed by atoms with van der Waals surface area (Å²) in [5.41, 5.74) is -0.352. The second-order valence-electron chi connectivity index (χ2n) is 8.75. The molecule has 2 fully saturated rings. The number of nitrogens with one attached hydrogen (secondary N) is 1. The number of likely N-dealkylation sites (tertiary alicyclic amines) is 1. The van der Waals surface area contributed by atoms with Crippen molar-refractivity contribution in [3.8, 4) is 0 Å². The predicted molar refractivity (Wildman–Crippen MR) is 122 cm³/mol. The number of alkyl halides is 3. The van der Waals surface area contributed by atoms with E-state index in [9.17, 15) is 22.8 Å². The van der Waals surface area contributed by atoms with Gasteiger partial charge in [0.05, 0.1) is 29.2 Å². The Labute approximate surface area is 198 Å². The van der Waals surface area contributed by atoms with E-state index >= 15 is 0 Å². The van der Waals surface area contributed by atoms with E-state index in [1.807, 2.05) is 18.2 Å². The number of benzene rings is 1. The van der Waals surface area contributed by atoms with Crippen LogP contribution < -0.4 is 10.5 Å². The molecule has 9 nitrogen and oxygen atoms in total. The molecule has 2 saturated heterocycles. The molecule has 2 aromatic heterocycles. The van der Waals surface area contributed by atoms with Crippen molar-refractivity contribution >= 4 is 22.6 Å². The molecule has 1 atom stereocenters. The topological polar surface area (TPSA) is 98.3 Å². The van der Waals surface area contributed by atoms with E-state index < -0.39 is 11.7 Å². The summed E-state index contributed by atoms with van der Waals surface area (Å²) < 4.78 is 38.2. The fraction of sp³-hybridized carbons (Fsp3) is 0.435. The van der Waals surface area contributed by atoms with Crippen LogP contribution in [0.5, 0.6) is 0 Å². The van der Waals surface area contributed by atoms with Crippen LogP contribution in [0.2, 0.25) is 0 Å². The summed E-state index contributed by atoms with van der Waals surface area (Å²) in [4.78, 5) is 38.6. The zero-order valence-electron chi connectivity index (χ0n) is 18.8.